The van der Waals surface area contributed by atoms with Crippen LogP contribution in [0, 0.1) is 0 Å². The number of carbonyl (C=O) groups excluding carboxylic acids is 2. The Morgan fingerprint density at radius 3 is 1.87 bits per heavy atom. The molecule has 1 aliphatic heterocycles. The normalized spacial score (nSPS) is 14.1. The number of amides is 2. The maximum atomic E-state index is 12.9. The van der Waals surface area contributed by atoms with E-state index in [0.29, 0.717) is 11.1 Å². The van der Waals surface area contributed by atoms with Crippen LogP contribution in [0.3, 0.4) is 0 Å². The minimum absolute atomic E-state index is 0.110. The molecule has 166 valence electrons. The summed E-state index contributed by atoms with van der Waals surface area (Å²) < 4.78 is 46.0. The first-order valence-electron chi connectivity index (χ1n) is 9.52. The van der Waals surface area contributed by atoms with Crippen LogP contribution in [0.15, 0.2) is 57.6 Å². The first kappa shape index (κ1) is 23.3. The third-order valence-electron chi connectivity index (χ3n) is 4.37. The number of nitrogens with zero attached hydrogens (tertiary/aromatic N) is 2. The summed E-state index contributed by atoms with van der Waals surface area (Å²) in [5, 5.41) is 0. The molecule has 2 amide bonds. The van der Waals surface area contributed by atoms with Crippen molar-refractivity contribution in [2.75, 3.05) is 31.6 Å². The highest BCUT2D eigenvalue weighted by atomic mass is 32.2. The summed E-state index contributed by atoms with van der Waals surface area (Å²) in [6, 6.07) is 11.9. The van der Waals surface area contributed by atoms with Gasteiger partial charge in [0, 0.05) is 7.11 Å². The Hall–Kier alpha value is -2.36. The molecule has 0 fully saturated rings. The van der Waals surface area contributed by atoms with Gasteiger partial charge in [0.1, 0.15) is 6.35 Å². The molecular weight excluding hydrogens is 443 g/mol. The van der Waals surface area contributed by atoms with Crippen LogP contribution in [0.25, 0.3) is 0 Å². The van der Waals surface area contributed by atoms with Gasteiger partial charge in [-0.25, -0.2) is 4.90 Å². The number of rotatable bonds is 9. The van der Waals surface area contributed by atoms with Crippen LogP contribution < -0.4 is 4.90 Å². The number of hydrogen-bond acceptors (Lipinski definition) is 7. The van der Waals surface area contributed by atoms with E-state index >= 15 is 0 Å². The Balaban J connectivity index is 1.95. The van der Waals surface area contributed by atoms with Crippen LogP contribution in [0.1, 0.15) is 34.6 Å². The van der Waals surface area contributed by atoms with Crippen LogP contribution in [0.2, 0.25) is 0 Å². The summed E-state index contributed by atoms with van der Waals surface area (Å²) >= 11 is 0. The number of imide groups is 1. The Labute approximate surface area is 181 Å². The topological polar surface area (TPSA) is 112 Å². The number of benzene rings is 2. The Kier molecular flexibility index (Phi) is 7.08. The molecule has 0 N–H and O–H groups in total. The van der Waals surface area contributed by atoms with Crippen LogP contribution in [0.4, 0.5) is 5.69 Å². The largest absolute Gasteiger partial charge is 0.374 e. The van der Waals surface area contributed by atoms with Gasteiger partial charge in [-0.3, -0.25) is 9.59 Å². The fraction of sp³-hybridized carbons (Fsp3) is 0.300. The van der Waals surface area contributed by atoms with Crippen molar-refractivity contribution in [1.82, 2.24) is 0 Å². The minimum Gasteiger partial charge on any atom is -0.374 e. The first-order valence-corrected chi connectivity index (χ1v) is 12.7. The van der Waals surface area contributed by atoms with Gasteiger partial charge in [0.25, 0.3) is 29.3 Å². The predicted octanol–water partition coefficient (Wildman–Crippen LogP) is 3.88. The van der Waals surface area contributed by atoms with Crippen molar-refractivity contribution < 1.29 is 31.8 Å². The quantitative estimate of drug-likeness (QED) is 0.407. The lowest BCUT2D eigenvalue weighted by atomic mass is 10.1. The molecule has 0 aromatic heterocycles. The first-order chi connectivity index (χ1) is 14.8. The maximum Gasteiger partial charge on any atom is 0.285 e. The van der Waals surface area contributed by atoms with E-state index in [0.717, 1.165) is 4.90 Å². The molecule has 0 saturated heterocycles. The highest BCUT2D eigenvalue weighted by molar-refractivity contribution is 7.93. The average molecular weight is 466 g/mol. The fourth-order valence-corrected chi connectivity index (χ4v) is 7.24. The highest BCUT2D eigenvalue weighted by Crippen LogP contribution is 2.53. The van der Waals surface area contributed by atoms with Crippen molar-refractivity contribution in [3.8, 4) is 0 Å². The number of ether oxygens (including phenoxy) is 1. The summed E-state index contributed by atoms with van der Waals surface area (Å²) in [6.45, 7) is 3.83. The Morgan fingerprint density at radius 2 is 1.42 bits per heavy atom. The van der Waals surface area contributed by atoms with E-state index in [9.17, 15) is 18.0 Å². The lowest BCUT2D eigenvalue weighted by Gasteiger charge is -2.22. The zero-order chi connectivity index (χ0) is 22.6. The number of sulfonamides is 1. The molecule has 2 aromatic carbocycles. The van der Waals surface area contributed by atoms with Gasteiger partial charge in [-0.1, -0.05) is 12.1 Å². The molecule has 1 aliphatic rings. The molecule has 11 heteroatoms. The smallest absolute Gasteiger partial charge is 0.285 e. The van der Waals surface area contributed by atoms with Gasteiger partial charge in [0.15, 0.2) is 0 Å². The van der Waals surface area contributed by atoms with Gasteiger partial charge in [-0.05, 0) is 50.2 Å². The van der Waals surface area contributed by atoms with Gasteiger partial charge in [-0.2, -0.15) is 8.42 Å². The fourth-order valence-electron chi connectivity index (χ4n) is 3.15. The molecule has 0 radical (unpaired) electrons. The summed E-state index contributed by atoms with van der Waals surface area (Å²) in [6.07, 6.45) is -0.110. The average Bonchev–Trinajstić information content (AvgIpc) is 2.99. The summed E-state index contributed by atoms with van der Waals surface area (Å²) in [5.74, 6) is -0.919. The van der Waals surface area contributed by atoms with Crippen LogP contribution >= 0.6 is 7.51 Å². The monoisotopic (exact) mass is 466 g/mol. The standard InChI is InChI=1S/C20H23N2O7PS/c1-4-28-30(14-27-3,29-5-2)21-31(25,26)16-12-10-15(11-13-16)22-19(23)17-8-6-7-9-18(17)20(22)24/h6-13H,4-5,14H2,1-3H3. The van der Waals surface area contributed by atoms with Crippen molar-refractivity contribution in [2.24, 2.45) is 4.15 Å². The van der Waals surface area contributed by atoms with E-state index in [4.69, 9.17) is 13.8 Å². The van der Waals surface area contributed by atoms with Gasteiger partial charge in [0.05, 0.1) is 34.9 Å². The summed E-state index contributed by atoms with van der Waals surface area (Å²) in [5.41, 5.74) is 0.876. The number of hydrogen-bond donors (Lipinski definition) is 0. The second-order valence-corrected chi connectivity index (χ2v) is 10.6. The van der Waals surface area contributed by atoms with Crippen molar-refractivity contribution >= 4 is 35.0 Å². The molecule has 0 aliphatic carbocycles. The Bertz CT molecular complexity index is 1090. The van der Waals surface area contributed by atoms with Gasteiger partial charge < -0.3 is 13.8 Å². The van der Waals surface area contributed by atoms with Crippen molar-refractivity contribution in [1.29, 1.82) is 0 Å². The summed E-state index contributed by atoms with van der Waals surface area (Å²) in [7, 11) is -5.92. The molecule has 0 atom stereocenters. The van der Waals surface area contributed by atoms with Crippen molar-refractivity contribution in [3.05, 3.63) is 59.7 Å². The second-order valence-electron chi connectivity index (χ2n) is 6.43. The lowest BCUT2D eigenvalue weighted by molar-refractivity contribution is 0.0926. The molecule has 3 rings (SSSR count). The van der Waals surface area contributed by atoms with Gasteiger partial charge in [-0.15, -0.1) is 4.15 Å². The van der Waals surface area contributed by atoms with E-state index in [-0.39, 0.29) is 30.1 Å². The van der Waals surface area contributed by atoms with Gasteiger partial charge in [0.2, 0.25) is 0 Å². The molecule has 31 heavy (non-hydrogen) atoms. The van der Waals surface area contributed by atoms with Crippen molar-refractivity contribution in [2.45, 2.75) is 18.7 Å². The molecule has 2 aromatic rings. The second kappa shape index (κ2) is 9.42. The zero-order valence-corrected chi connectivity index (χ0v) is 19.1. The Morgan fingerprint density at radius 1 is 0.903 bits per heavy atom. The molecular formula is C20H23N2O7PS. The SMILES string of the molecule is CCOP(COC)(=NS(=O)(=O)c1ccc(N2C(=O)c3ccccc3C2=O)cc1)OCC. The molecule has 0 unspecified atom stereocenters. The summed E-state index contributed by atoms with van der Waals surface area (Å²) in [4.78, 5) is 26.1. The molecule has 1 heterocycles. The number of fused-ring (bicyclic) bond motifs is 1. The minimum atomic E-state index is -4.15. The van der Waals surface area contributed by atoms with E-state index in [1.54, 1.807) is 38.1 Å². The lowest BCUT2D eigenvalue weighted by Crippen LogP contribution is -2.29. The highest BCUT2D eigenvalue weighted by Gasteiger charge is 2.36. The van der Waals surface area contributed by atoms with E-state index in [1.807, 2.05) is 0 Å². The zero-order valence-electron chi connectivity index (χ0n) is 17.3. The van der Waals surface area contributed by atoms with Crippen LogP contribution in [0.5, 0.6) is 0 Å². The van der Waals surface area contributed by atoms with Crippen LogP contribution in [-0.2, 0) is 23.8 Å². The molecule has 0 saturated carbocycles. The van der Waals surface area contributed by atoms with E-state index in [2.05, 4.69) is 4.15 Å². The third kappa shape index (κ3) is 4.63. The molecule has 9 nitrogen and oxygen atoms in total. The molecule has 0 bridgehead atoms. The predicted molar refractivity (Wildman–Crippen MR) is 116 cm³/mol. The third-order valence-corrected chi connectivity index (χ3v) is 9.00. The van der Waals surface area contributed by atoms with Gasteiger partial charge >= 0.3 is 0 Å². The maximum absolute atomic E-state index is 12.9. The van der Waals surface area contributed by atoms with Crippen LogP contribution in [-0.4, -0.2) is 46.9 Å². The van der Waals surface area contributed by atoms with Crippen molar-refractivity contribution in [3.63, 3.8) is 0 Å². The number of anilines is 1. The number of carbonyl (C=O) groups is 2. The molecule has 0 spiro atoms. The number of methoxy groups -OCH3 is 1. The van der Waals surface area contributed by atoms with E-state index < -0.39 is 29.3 Å². The van der Waals surface area contributed by atoms with E-state index in [1.165, 1.54) is 31.4 Å².